The Morgan fingerprint density at radius 3 is 2.54 bits per heavy atom. The molecule has 3 rings (SSSR count). The van der Waals surface area contributed by atoms with Gasteiger partial charge in [0.1, 0.15) is 5.82 Å². The van der Waals surface area contributed by atoms with Crippen molar-refractivity contribution in [2.45, 2.75) is 26.2 Å². The summed E-state index contributed by atoms with van der Waals surface area (Å²) in [6.45, 7) is 5.00. The molecule has 2 saturated heterocycles. The highest BCUT2D eigenvalue weighted by Crippen LogP contribution is 2.27. The van der Waals surface area contributed by atoms with Crippen LogP contribution in [0.3, 0.4) is 0 Å². The number of anilines is 1. The molecule has 1 aromatic rings. The molecule has 2 fully saturated rings. The van der Waals surface area contributed by atoms with Crippen molar-refractivity contribution in [1.29, 1.82) is 5.26 Å². The molecule has 0 N–H and O–H groups in total. The van der Waals surface area contributed by atoms with Gasteiger partial charge in [-0.3, -0.25) is 9.59 Å². The predicted molar refractivity (Wildman–Crippen MR) is 104 cm³/mol. The van der Waals surface area contributed by atoms with Gasteiger partial charge in [0.25, 0.3) is 0 Å². The average molecular weight is 386 g/mol. The summed E-state index contributed by atoms with van der Waals surface area (Å²) in [6.07, 6.45) is 2.31. The molecule has 2 aliphatic heterocycles. The van der Waals surface area contributed by atoms with Gasteiger partial charge < -0.3 is 14.7 Å². The van der Waals surface area contributed by atoms with Crippen LogP contribution in [0.4, 0.5) is 10.1 Å². The fourth-order valence-corrected chi connectivity index (χ4v) is 4.26. The van der Waals surface area contributed by atoms with E-state index in [9.17, 15) is 14.0 Å². The van der Waals surface area contributed by atoms with Gasteiger partial charge in [0.15, 0.2) is 0 Å². The van der Waals surface area contributed by atoms with Gasteiger partial charge in [-0.15, -0.1) is 0 Å². The number of piperidine rings is 1. The third kappa shape index (κ3) is 4.44. The number of carbonyl (C=O) groups excluding carboxylic acids is 2. The van der Waals surface area contributed by atoms with Crippen molar-refractivity contribution in [3.63, 3.8) is 0 Å². The van der Waals surface area contributed by atoms with Crippen molar-refractivity contribution in [3.05, 3.63) is 29.6 Å². The second-order valence-corrected chi connectivity index (χ2v) is 7.88. The van der Waals surface area contributed by atoms with Crippen LogP contribution in [-0.2, 0) is 9.59 Å². The molecule has 28 heavy (non-hydrogen) atoms. The number of hydrogen-bond donors (Lipinski definition) is 0. The minimum absolute atomic E-state index is 0.0481. The van der Waals surface area contributed by atoms with E-state index in [0.717, 1.165) is 19.5 Å². The Kier molecular flexibility index (Phi) is 6.18. The summed E-state index contributed by atoms with van der Waals surface area (Å²) in [5.74, 6) is 0.135. The molecular weight excluding hydrogens is 359 g/mol. The first-order chi connectivity index (χ1) is 13.4. The predicted octanol–water partition coefficient (Wildman–Crippen LogP) is 2.24. The molecule has 0 spiro atoms. The maximum absolute atomic E-state index is 14.2. The van der Waals surface area contributed by atoms with Crippen molar-refractivity contribution in [1.82, 2.24) is 9.80 Å². The van der Waals surface area contributed by atoms with Crippen LogP contribution in [0, 0.1) is 29.0 Å². The average Bonchev–Trinajstić information content (AvgIpc) is 3.16. The zero-order chi connectivity index (χ0) is 20.3. The number of nitriles is 1. The van der Waals surface area contributed by atoms with Gasteiger partial charge in [-0.1, -0.05) is 0 Å². The molecular formula is C21H27FN4O2. The fourth-order valence-electron chi connectivity index (χ4n) is 4.26. The Bertz CT molecular complexity index is 783. The Morgan fingerprint density at radius 2 is 1.96 bits per heavy atom. The van der Waals surface area contributed by atoms with Crippen LogP contribution in [0.2, 0.25) is 0 Å². The molecule has 2 aliphatic rings. The van der Waals surface area contributed by atoms with E-state index >= 15 is 0 Å². The summed E-state index contributed by atoms with van der Waals surface area (Å²) in [7, 11) is 1.84. The molecule has 1 unspecified atom stereocenters. The lowest BCUT2D eigenvalue weighted by Crippen LogP contribution is -2.43. The van der Waals surface area contributed by atoms with Crippen LogP contribution < -0.4 is 4.90 Å². The van der Waals surface area contributed by atoms with Gasteiger partial charge in [0, 0.05) is 52.6 Å². The van der Waals surface area contributed by atoms with E-state index in [2.05, 4.69) is 0 Å². The van der Waals surface area contributed by atoms with Crippen LogP contribution >= 0.6 is 0 Å². The molecule has 150 valence electrons. The van der Waals surface area contributed by atoms with E-state index in [-0.39, 0.29) is 17.7 Å². The zero-order valence-electron chi connectivity index (χ0n) is 16.5. The summed E-state index contributed by atoms with van der Waals surface area (Å²) in [5, 5.41) is 8.86. The van der Waals surface area contributed by atoms with Gasteiger partial charge in [0.2, 0.25) is 11.8 Å². The molecule has 6 nitrogen and oxygen atoms in total. The standard InChI is InChI=1S/C21H27FN4O2/c1-15(27)26-8-5-17(14-26)13-24(2)21(28)18-6-9-25(10-7-18)20-4-3-16(12-23)11-19(20)22/h3-4,11,17-18H,5-10,13-14H2,1-2H3. The Morgan fingerprint density at radius 1 is 1.25 bits per heavy atom. The van der Waals surface area contributed by atoms with Gasteiger partial charge in [-0.25, -0.2) is 4.39 Å². The molecule has 0 bridgehead atoms. The SMILES string of the molecule is CC(=O)N1CCC(CN(C)C(=O)C2CCN(c3ccc(C#N)cc3F)CC2)C1. The second kappa shape index (κ2) is 8.59. The van der Waals surface area contributed by atoms with Crippen molar-refractivity contribution < 1.29 is 14.0 Å². The molecule has 2 amide bonds. The summed E-state index contributed by atoms with van der Waals surface area (Å²) in [4.78, 5) is 29.9. The Labute approximate surface area is 165 Å². The second-order valence-electron chi connectivity index (χ2n) is 7.88. The number of halogens is 1. The van der Waals surface area contributed by atoms with Crippen LogP contribution in [0.15, 0.2) is 18.2 Å². The fraction of sp³-hybridized carbons (Fsp3) is 0.571. The van der Waals surface area contributed by atoms with Gasteiger partial charge in [-0.2, -0.15) is 5.26 Å². The van der Waals surface area contributed by atoms with E-state index in [1.165, 1.54) is 6.07 Å². The lowest BCUT2D eigenvalue weighted by molar-refractivity contribution is -0.135. The highest BCUT2D eigenvalue weighted by Gasteiger charge is 2.31. The molecule has 2 heterocycles. The minimum atomic E-state index is -0.391. The molecule has 0 saturated carbocycles. The number of benzene rings is 1. The largest absolute Gasteiger partial charge is 0.369 e. The third-order valence-corrected chi connectivity index (χ3v) is 5.90. The van der Waals surface area contributed by atoms with E-state index < -0.39 is 5.82 Å². The van der Waals surface area contributed by atoms with E-state index in [4.69, 9.17) is 5.26 Å². The number of amides is 2. The van der Waals surface area contributed by atoms with Crippen LogP contribution in [0.5, 0.6) is 0 Å². The maximum atomic E-state index is 14.2. The maximum Gasteiger partial charge on any atom is 0.225 e. The highest BCUT2D eigenvalue weighted by molar-refractivity contribution is 5.79. The summed E-state index contributed by atoms with van der Waals surface area (Å²) < 4.78 is 14.2. The quantitative estimate of drug-likeness (QED) is 0.796. The lowest BCUT2D eigenvalue weighted by atomic mass is 9.94. The number of likely N-dealkylation sites (tertiary alicyclic amines) is 1. The highest BCUT2D eigenvalue weighted by atomic mass is 19.1. The Hall–Kier alpha value is -2.62. The van der Waals surface area contributed by atoms with E-state index in [0.29, 0.717) is 49.6 Å². The lowest BCUT2D eigenvalue weighted by Gasteiger charge is -2.35. The first-order valence-electron chi connectivity index (χ1n) is 9.84. The summed E-state index contributed by atoms with van der Waals surface area (Å²) >= 11 is 0. The molecule has 0 aromatic heterocycles. The molecule has 0 radical (unpaired) electrons. The number of carbonyl (C=O) groups is 2. The van der Waals surface area contributed by atoms with E-state index in [1.54, 1.807) is 24.0 Å². The molecule has 1 aromatic carbocycles. The first kappa shape index (κ1) is 20.1. The Balaban J connectivity index is 1.51. The third-order valence-electron chi connectivity index (χ3n) is 5.90. The van der Waals surface area contributed by atoms with E-state index in [1.807, 2.05) is 22.9 Å². The van der Waals surface area contributed by atoms with Gasteiger partial charge in [0.05, 0.1) is 17.3 Å². The zero-order valence-corrected chi connectivity index (χ0v) is 16.5. The topological polar surface area (TPSA) is 67.7 Å². The summed E-state index contributed by atoms with van der Waals surface area (Å²) in [5.41, 5.74) is 0.803. The van der Waals surface area contributed by atoms with Gasteiger partial charge in [-0.05, 0) is 43.4 Å². The van der Waals surface area contributed by atoms with Gasteiger partial charge >= 0.3 is 0 Å². The number of nitrogens with zero attached hydrogens (tertiary/aromatic N) is 4. The van der Waals surface area contributed by atoms with Crippen molar-refractivity contribution in [2.24, 2.45) is 11.8 Å². The smallest absolute Gasteiger partial charge is 0.225 e. The van der Waals surface area contributed by atoms with Crippen molar-refractivity contribution in [2.75, 3.05) is 44.7 Å². The molecule has 1 atom stereocenters. The number of hydrogen-bond acceptors (Lipinski definition) is 4. The first-order valence-corrected chi connectivity index (χ1v) is 9.84. The summed E-state index contributed by atoms with van der Waals surface area (Å²) in [6, 6.07) is 6.46. The van der Waals surface area contributed by atoms with Crippen molar-refractivity contribution >= 4 is 17.5 Å². The van der Waals surface area contributed by atoms with Crippen LogP contribution in [-0.4, -0.2) is 61.4 Å². The molecule has 7 heteroatoms. The normalized spacial score (nSPS) is 20.1. The minimum Gasteiger partial charge on any atom is -0.369 e. The van der Waals surface area contributed by atoms with Crippen molar-refractivity contribution in [3.8, 4) is 6.07 Å². The van der Waals surface area contributed by atoms with Crippen LogP contribution in [0.1, 0.15) is 31.7 Å². The van der Waals surface area contributed by atoms with Crippen LogP contribution in [0.25, 0.3) is 0 Å². The monoisotopic (exact) mass is 386 g/mol. The molecule has 0 aliphatic carbocycles. The number of rotatable bonds is 4.